The maximum Gasteiger partial charge on any atom is 0.269 e. The Kier molecular flexibility index (Phi) is 4.10. The number of carbonyl (C=O) groups excluding carboxylic acids is 1. The van der Waals surface area contributed by atoms with E-state index in [1.165, 1.54) is 24.3 Å². The molecule has 0 fully saturated rings. The van der Waals surface area contributed by atoms with Crippen LogP contribution in [0, 0.1) is 10.1 Å². The Morgan fingerprint density at radius 3 is 2.20 bits per heavy atom. The van der Waals surface area contributed by atoms with Crippen LogP contribution < -0.4 is 4.90 Å². The van der Waals surface area contributed by atoms with Gasteiger partial charge in [0, 0.05) is 29.9 Å². The molecule has 0 saturated carbocycles. The number of anilines is 1. The Bertz CT molecular complexity index is 609. The van der Waals surface area contributed by atoms with Gasteiger partial charge in [0.05, 0.1) is 4.92 Å². The van der Waals surface area contributed by atoms with Gasteiger partial charge < -0.3 is 4.90 Å². The second-order valence-corrected chi connectivity index (χ2v) is 4.19. The van der Waals surface area contributed by atoms with Crippen molar-refractivity contribution in [3.8, 4) is 0 Å². The van der Waals surface area contributed by atoms with Crippen LogP contribution in [-0.4, -0.2) is 17.4 Å². The third kappa shape index (κ3) is 2.83. The predicted octanol–water partition coefficient (Wildman–Crippen LogP) is 3.26. The van der Waals surface area contributed by atoms with E-state index >= 15 is 0 Å². The number of nitro groups is 1. The van der Waals surface area contributed by atoms with Crippen molar-refractivity contribution in [3.05, 3.63) is 70.3 Å². The molecule has 2 aromatic rings. The summed E-state index contributed by atoms with van der Waals surface area (Å²) in [6.07, 6.45) is 0. The molecule has 2 rings (SSSR count). The SMILES string of the molecule is CCN(C(=O)c1ccc([N+](=O)[O-])cc1)c1ccccc1. The van der Waals surface area contributed by atoms with Crippen LogP contribution in [0.2, 0.25) is 0 Å². The van der Waals surface area contributed by atoms with Crippen LogP contribution >= 0.6 is 0 Å². The summed E-state index contributed by atoms with van der Waals surface area (Å²) in [7, 11) is 0. The first kappa shape index (κ1) is 13.7. The second-order valence-electron chi connectivity index (χ2n) is 4.19. The Balaban J connectivity index is 2.27. The molecule has 0 aliphatic rings. The molecule has 0 heterocycles. The highest BCUT2D eigenvalue weighted by atomic mass is 16.6. The minimum absolute atomic E-state index is 0.0238. The van der Waals surface area contributed by atoms with Gasteiger partial charge in [0.1, 0.15) is 0 Å². The Morgan fingerprint density at radius 2 is 1.70 bits per heavy atom. The quantitative estimate of drug-likeness (QED) is 0.632. The maximum absolute atomic E-state index is 12.4. The minimum atomic E-state index is -0.483. The summed E-state index contributed by atoms with van der Waals surface area (Å²) < 4.78 is 0. The van der Waals surface area contributed by atoms with E-state index in [0.717, 1.165) is 5.69 Å². The Hall–Kier alpha value is -2.69. The number of rotatable bonds is 4. The van der Waals surface area contributed by atoms with Crippen LogP contribution in [0.25, 0.3) is 0 Å². The van der Waals surface area contributed by atoms with Crippen molar-refractivity contribution in [2.45, 2.75) is 6.92 Å². The first-order valence-electron chi connectivity index (χ1n) is 6.25. The molecule has 102 valence electrons. The number of carbonyl (C=O) groups is 1. The first-order chi connectivity index (χ1) is 9.63. The zero-order valence-electron chi connectivity index (χ0n) is 11.0. The topological polar surface area (TPSA) is 63.5 Å². The molecule has 0 aromatic heterocycles. The minimum Gasteiger partial charge on any atom is -0.309 e. The van der Waals surface area contributed by atoms with Crippen LogP contribution in [-0.2, 0) is 0 Å². The number of nitro benzene ring substituents is 1. The second kappa shape index (κ2) is 5.97. The van der Waals surface area contributed by atoms with Crippen molar-refractivity contribution >= 4 is 17.3 Å². The zero-order valence-corrected chi connectivity index (χ0v) is 11.0. The van der Waals surface area contributed by atoms with Gasteiger partial charge in [-0.2, -0.15) is 0 Å². The van der Waals surface area contributed by atoms with Crippen molar-refractivity contribution in [1.82, 2.24) is 0 Å². The molecule has 5 nitrogen and oxygen atoms in total. The molecule has 0 unspecified atom stereocenters. The summed E-state index contributed by atoms with van der Waals surface area (Å²) in [5.41, 5.74) is 1.21. The fourth-order valence-corrected chi connectivity index (χ4v) is 1.93. The third-order valence-electron chi connectivity index (χ3n) is 2.95. The van der Waals surface area contributed by atoms with Crippen molar-refractivity contribution < 1.29 is 9.72 Å². The van der Waals surface area contributed by atoms with Gasteiger partial charge in [-0.25, -0.2) is 0 Å². The van der Waals surface area contributed by atoms with Crippen LogP contribution in [0.1, 0.15) is 17.3 Å². The van der Waals surface area contributed by atoms with Gasteiger partial charge >= 0.3 is 0 Å². The van der Waals surface area contributed by atoms with Crippen molar-refractivity contribution in [2.75, 3.05) is 11.4 Å². The van der Waals surface area contributed by atoms with E-state index in [9.17, 15) is 14.9 Å². The molecule has 20 heavy (non-hydrogen) atoms. The fourth-order valence-electron chi connectivity index (χ4n) is 1.93. The molecule has 0 saturated heterocycles. The molecule has 0 atom stereocenters. The summed E-state index contributed by atoms with van der Waals surface area (Å²) in [6.45, 7) is 2.41. The maximum atomic E-state index is 12.4. The summed E-state index contributed by atoms with van der Waals surface area (Å²) in [4.78, 5) is 24.2. The molecule has 0 aliphatic heterocycles. The van der Waals surface area contributed by atoms with E-state index in [1.807, 2.05) is 37.3 Å². The molecule has 1 amide bonds. The molecule has 0 aliphatic carbocycles. The lowest BCUT2D eigenvalue weighted by Gasteiger charge is -2.20. The van der Waals surface area contributed by atoms with Gasteiger partial charge in [-0.3, -0.25) is 14.9 Å². The number of non-ortho nitro benzene ring substituents is 1. The van der Waals surface area contributed by atoms with E-state index < -0.39 is 4.92 Å². The number of hydrogen-bond donors (Lipinski definition) is 0. The molecule has 5 heteroatoms. The number of para-hydroxylation sites is 1. The van der Waals surface area contributed by atoms with Gasteiger partial charge in [0.2, 0.25) is 0 Å². The largest absolute Gasteiger partial charge is 0.309 e. The molecule has 0 spiro atoms. The van der Waals surface area contributed by atoms with E-state index in [0.29, 0.717) is 12.1 Å². The standard InChI is InChI=1S/C15H14N2O3/c1-2-16(13-6-4-3-5-7-13)15(18)12-8-10-14(11-9-12)17(19)20/h3-11H,2H2,1H3. The lowest BCUT2D eigenvalue weighted by atomic mass is 10.1. The third-order valence-corrected chi connectivity index (χ3v) is 2.95. The highest BCUT2D eigenvalue weighted by molar-refractivity contribution is 6.06. The van der Waals surface area contributed by atoms with Gasteiger partial charge in [-0.1, -0.05) is 18.2 Å². The number of amides is 1. The van der Waals surface area contributed by atoms with Gasteiger partial charge in [-0.15, -0.1) is 0 Å². The number of hydrogen-bond acceptors (Lipinski definition) is 3. The summed E-state index contributed by atoms with van der Waals surface area (Å²) in [5, 5.41) is 10.6. The smallest absolute Gasteiger partial charge is 0.269 e. The van der Waals surface area contributed by atoms with Crippen LogP contribution in [0.5, 0.6) is 0 Å². The highest BCUT2D eigenvalue weighted by Crippen LogP contribution is 2.18. The van der Waals surface area contributed by atoms with E-state index in [4.69, 9.17) is 0 Å². The van der Waals surface area contributed by atoms with Crippen molar-refractivity contribution in [1.29, 1.82) is 0 Å². The summed E-state index contributed by atoms with van der Waals surface area (Å²) in [6, 6.07) is 15.0. The average Bonchev–Trinajstić information content (AvgIpc) is 2.49. The highest BCUT2D eigenvalue weighted by Gasteiger charge is 2.16. The van der Waals surface area contributed by atoms with E-state index in [2.05, 4.69) is 0 Å². The van der Waals surface area contributed by atoms with E-state index in [-0.39, 0.29) is 11.6 Å². The Labute approximate surface area is 116 Å². The molecule has 0 radical (unpaired) electrons. The monoisotopic (exact) mass is 270 g/mol. The molecular formula is C15H14N2O3. The Morgan fingerprint density at radius 1 is 1.10 bits per heavy atom. The molecule has 0 N–H and O–H groups in total. The first-order valence-corrected chi connectivity index (χ1v) is 6.25. The van der Waals surface area contributed by atoms with Crippen molar-refractivity contribution in [2.24, 2.45) is 0 Å². The van der Waals surface area contributed by atoms with E-state index in [1.54, 1.807) is 4.90 Å². The normalized spacial score (nSPS) is 10.1. The molecule has 0 bridgehead atoms. The lowest BCUT2D eigenvalue weighted by Crippen LogP contribution is -2.30. The number of benzene rings is 2. The van der Waals surface area contributed by atoms with Crippen LogP contribution in [0.15, 0.2) is 54.6 Å². The summed E-state index contributed by atoms with van der Waals surface area (Å²) in [5.74, 6) is -0.173. The molecular weight excluding hydrogens is 256 g/mol. The van der Waals surface area contributed by atoms with Crippen LogP contribution in [0.3, 0.4) is 0 Å². The zero-order chi connectivity index (χ0) is 14.5. The van der Waals surface area contributed by atoms with Gasteiger partial charge in [0.15, 0.2) is 0 Å². The van der Waals surface area contributed by atoms with Gasteiger partial charge in [-0.05, 0) is 31.2 Å². The lowest BCUT2D eigenvalue weighted by molar-refractivity contribution is -0.384. The molecule has 2 aromatic carbocycles. The van der Waals surface area contributed by atoms with Crippen molar-refractivity contribution in [3.63, 3.8) is 0 Å². The van der Waals surface area contributed by atoms with Crippen LogP contribution in [0.4, 0.5) is 11.4 Å². The average molecular weight is 270 g/mol. The van der Waals surface area contributed by atoms with Gasteiger partial charge in [0.25, 0.3) is 11.6 Å². The summed E-state index contributed by atoms with van der Waals surface area (Å²) >= 11 is 0. The number of nitrogens with zero attached hydrogens (tertiary/aromatic N) is 2. The predicted molar refractivity (Wildman–Crippen MR) is 76.9 cm³/mol. The fraction of sp³-hybridized carbons (Fsp3) is 0.133.